The van der Waals surface area contributed by atoms with Crippen LogP contribution in [0.3, 0.4) is 0 Å². The third-order valence-electron chi connectivity index (χ3n) is 5.07. The van der Waals surface area contributed by atoms with Crippen LogP contribution >= 0.6 is 23.5 Å². The average molecular weight is 333 g/mol. The maximum absolute atomic E-state index is 13.0. The minimum atomic E-state index is -1.86. The molecule has 1 rings (SSSR count). The van der Waals surface area contributed by atoms with Gasteiger partial charge in [0.1, 0.15) is 13.5 Å². The van der Waals surface area contributed by atoms with Crippen molar-refractivity contribution in [2.45, 2.75) is 76.1 Å². The van der Waals surface area contributed by atoms with Gasteiger partial charge < -0.3 is 4.79 Å². The summed E-state index contributed by atoms with van der Waals surface area (Å²) in [5, 5.41) is 0.822. The smallest absolute Gasteiger partial charge is 0.132 e. The average Bonchev–Trinajstić information content (AvgIpc) is 2.38. The van der Waals surface area contributed by atoms with Crippen LogP contribution in [0.5, 0.6) is 0 Å². The van der Waals surface area contributed by atoms with Gasteiger partial charge in [0.25, 0.3) is 0 Å². The fourth-order valence-corrected chi connectivity index (χ4v) is 8.99. The molecule has 0 aromatic rings. The van der Waals surface area contributed by atoms with E-state index in [9.17, 15) is 4.79 Å². The van der Waals surface area contributed by atoms with Crippen molar-refractivity contribution < 1.29 is 4.79 Å². The molecule has 4 heteroatoms. The summed E-state index contributed by atoms with van der Waals surface area (Å²) in [6.45, 7) is 13.6. The fraction of sp³-hybridized carbons (Fsp3) is 0.938. The van der Waals surface area contributed by atoms with E-state index in [1.807, 2.05) is 0 Å². The summed E-state index contributed by atoms with van der Waals surface area (Å²) in [4.78, 5) is 13.0. The zero-order chi connectivity index (χ0) is 15.4. The Hall–Kier alpha value is 0.587. The normalized spacial score (nSPS) is 19.9. The van der Waals surface area contributed by atoms with E-state index >= 15 is 0 Å². The molecule has 1 saturated heterocycles. The second kappa shape index (κ2) is 7.73. The van der Waals surface area contributed by atoms with Gasteiger partial charge in [0.15, 0.2) is 0 Å². The Bertz CT molecular complexity index is 322. The van der Waals surface area contributed by atoms with Gasteiger partial charge in [-0.15, -0.1) is 23.5 Å². The zero-order valence-electron chi connectivity index (χ0n) is 14.1. The summed E-state index contributed by atoms with van der Waals surface area (Å²) >= 11 is 4.13. The van der Waals surface area contributed by atoms with E-state index in [0.717, 1.165) is 6.42 Å². The monoisotopic (exact) mass is 332 g/mol. The van der Waals surface area contributed by atoms with Gasteiger partial charge in [-0.05, 0) is 29.4 Å². The molecule has 0 bridgehead atoms. The van der Waals surface area contributed by atoms with Crippen molar-refractivity contribution in [3.05, 3.63) is 0 Å². The van der Waals surface area contributed by atoms with E-state index in [-0.39, 0.29) is 11.0 Å². The second-order valence-electron chi connectivity index (χ2n) is 7.28. The number of carbonyl (C=O) groups excluding carboxylic acids is 1. The lowest BCUT2D eigenvalue weighted by Gasteiger charge is -2.40. The van der Waals surface area contributed by atoms with Gasteiger partial charge in [-0.25, -0.2) is 0 Å². The van der Waals surface area contributed by atoms with Crippen molar-refractivity contribution in [1.82, 2.24) is 0 Å². The molecule has 0 aliphatic carbocycles. The van der Waals surface area contributed by atoms with Crippen molar-refractivity contribution in [2.75, 3.05) is 11.5 Å². The molecule has 118 valence electrons. The van der Waals surface area contributed by atoms with Gasteiger partial charge in [0.05, 0.1) is 4.58 Å². The van der Waals surface area contributed by atoms with Gasteiger partial charge in [-0.3, -0.25) is 0 Å². The molecule has 1 unspecified atom stereocenters. The van der Waals surface area contributed by atoms with E-state index in [4.69, 9.17) is 0 Å². The molecule has 0 amide bonds. The highest BCUT2D eigenvalue weighted by Crippen LogP contribution is 2.44. The van der Waals surface area contributed by atoms with Crippen LogP contribution in [0, 0.1) is 5.92 Å². The highest BCUT2D eigenvalue weighted by molar-refractivity contribution is 8.17. The van der Waals surface area contributed by atoms with Crippen molar-refractivity contribution >= 4 is 37.0 Å². The summed E-state index contributed by atoms with van der Waals surface area (Å²) in [6, 6.07) is 0. The van der Waals surface area contributed by atoms with E-state index in [2.05, 4.69) is 64.3 Å². The van der Waals surface area contributed by atoms with E-state index in [0.29, 0.717) is 9.99 Å². The van der Waals surface area contributed by atoms with Crippen LogP contribution in [0.15, 0.2) is 0 Å². The molecule has 0 radical (unpaired) electrons. The third-order valence-corrected chi connectivity index (χ3v) is 13.4. The maximum atomic E-state index is 13.0. The van der Waals surface area contributed by atoms with Crippen LogP contribution in [0.25, 0.3) is 0 Å². The van der Waals surface area contributed by atoms with Crippen molar-refractivity contribution in [1.29, 1.82) is 0 Å². The van der Waals surface area contributed by atoms with E-state index in [1.54, 1.807) is 0 Å². The summed E-state index contributed by atoms with van der Waals surface area (Å²) in [5.74, 6) is 2.80. The lowest BCUT2D eigenvalue weighted by atomic mass is 10.1. The van der Waals surface area contributed by atoms with Crippen molar-refractivity contribution in [2.24, 2.45) is 5.92 Å². The van der Waals surface area contributed by atoms with Crippen LogP contribution in [0.2, 0.25) is 18.1 Å². The summed E-state index contributed by atoms with van der Waals surface area (Å²) < 4.78 is 0.654. The summed E-state index contributed by atoms with van der Waals surface area (Å²) in [6.07, 6.45) is 4.77. The van der Waals surface area contributed by atoms with Crippen molar-refractivity contribution in [3.8, 4) is 0 Å². The molecule has 20 heavy (non-hydrogen) atoms. The molecular formula is C16H32OS2Si. The third kappa shape index (κ3) is 4.54. The predicted molar refractivity (Wildman–Crippen MR) is 98.5 cm³/mol. The standard InChI is InChI=1S/C16H32OS2Si/c1-7-9-16(3,4)20(5,6)15(17)13(2)12-14-18-10-8-11-19-14/h13-14H,7-12H2,1-6H3. The number of carbonyl (C=O) groups is 1. The molecule has 1 aliphatic rings. The summed E-state index contributed by atoms with van der Waals surface area (Å²) in [5.41, 5.74) is 0. The topological polar surface area (TPSA) is 17.1 Å². The molecule has 0 N–H and O–H groups in total. The minimum Gasteiger partial charge on any atom is -0.305 e. The van der Waals surface area contributed by atoms with E-state index < -0.39 is 8.07 Å². The quantitative estimate of drug-likeness (QED) is 0.564. The van der Waals surface area contributed by atoms with Crippen LogP contribution in [-0.2, 0) is 4.79 Å². The fourth-order valence-electron chi connectivity index (χ4n) is 2.96. The molecule has 1 fully saturated rings. The molecule has 1 heterocycles. The number of rotatable bonds is 7. The van der Waals surface area contributed by atoms with Crippen LogP contribution in [0.1, 0.15) is 53.4 Å². The number of thioether (sulfide) groups is 2. The van der Waals surface area contributed by atoms with Gasteiger partial charge in [-0.1, -0.05) is 53.6 Å². The summed E-state index contributed by atoms with van der Waals surface area (Å²) in [7, 11) is -1.86. The Balaban J connectivity index is 2.66. The van der Waals surface area contributed by atoms with Crippen LogP contribution in [0.4, 0.5) is 0 Å². The highest BCUT2D eigenvalue weighted by Gasteiger charge is 2.46. The first kappa shape index (κ1) is 18.6. The zero-order valence-corrected chi connectivity index (χ0v) is 16.8. The Morgan fingerprint density at radius 1 is 1.30 bits per heavy atom. The highest BCUT2D eigenvalue weighted by atomic mass is 32.2. The maximum Gasteiger partial charge on any atom is 0.132 e. The van der Waals surface area contributed by atoms with Gasteiger partial charge in [-0.2, -0.15) is 0 Å². The van der Waals surface area contributed by atoms with Gasteiger partial charge >= 0.3 is 0 Å². The van der Waals surface area contributed by atoms with Gasteiger partial charge in [0, 0.05) is 5.92 Å². The lowest BCUT2D eigenvalue weighted by molar-refractivity contribution is -0.116. The SMILES string of the molecule is CCCC(C)(C)[Si](C)(C)C(=O)C(C)CC1SCCCS1. The molecule has 1 nitrogen and oxygen atoms in total. The Kier molecular flexibility index (Phi) is 7.20. The first-order chi connectivity index (χ1) is 9.22. The molecule has 1 aliphatic heterocycles. The Morgan fingerprint density at radius 3 is 2.35 bits per heavy atom. The molecule has 0 aromatic carbocycles. The van der Waals surface area contributed by atoms with Crippen molar-refractivity contribution in [3.63, 3.8) is 0 Å². The Morgan fingerprint density at radius 2 is 1.85 bits per heavy atom. The van der Waals surface area contributed by atoms with Crippen LogP contribution < -0.4 is 0 Å². The molecule has 1 atom stereocenters. The second-order valence-corrected chi connectivity index (χ2v) is 15.3. The Labute approximate surface area is 135 Å². The largest absolute Gasteiger partial charge is 0.305 e. The number of hydrogen-bond acceptors (Lipinski definition) is 3. The first-order valence-corrected chi connectivity index (χ1v) is 13.1. The molecule has 0 spiro atoms. The predicted octanol–water partition coefficient (Wildman–Crippen LogP) is 5.61. The van der Waals surface area contributed by atoms with Gasteiger partial charge in [0.2, 0.25) is 0 Å². The minimum absolute atomic E-state index is 0.222. The molecular weight excluding hydrogens is 300 g/mol. The number of hydrogen-bond donors (Lipinski definition) is 0. The molecule has 0 aromatic heterocycles. The first-order valence-electron chi connectivity index (χ1n) is 8.00. The molecule has 0 saturated carbocycles. The van der Waals surface area contributed by atoms with Crippen LogP contribution in [-0.4, -0.2) is 29.6 Å². The van der Waals surface area contributed by atoms with E-state index in [1.165, 1.54) is 30.8 Å². The lowest BCUT2D eigenvalue weighted by Crippen LogP contribution is -2.50.